The van der Waals surface area contributed by atoms with E-state index >= 15 is 0 Å². The summed E-state index contributed by atoms with van der Waals surface area (Å²) in [6.07, 6.45) is 0. The molecule has 10 rings (SSSR count). The Balaban J connectivity index is 1.04. The number of para-hydroxylation sites is 3. The topological polar surface area (TPSA) is 8.17 Å². The highest BCUT2D eigenvalue weighted by atomic mass is 15.1. The van der Waals surface area contributed by atoms with Crippen LogP contribution < -0.4 is 4.90 Å². The third-order valence-electron chi connectivity index (χ3n) is 11.2. The van der Waals surface area contributed by atoms with Crippen LogP contribution in [0, 0.1) is 0 Å². The van der Waals surface area contributed by atoms with Crippen LogP contribution in [0.1, 0.15) is 25.0 Å². The fourth-order valence-electron chi connectivity index (χ4n) is 8.51. The average molecular weight is 679 g/mol. The van der Waals surface area contributed by atoms with Gasteiger partial charge in [0, 0.05) is 38.9 Å². The molecule has 9 aromatic rings. The Morgan fingerprint density at radius 3 is 1.64 bits per heavy atom. The average Bonchev–Trinajstić information content (AvgIpc) is 3.67. The Hall–Kier alpha value is -6.64. The van der Waals surface area contributed by atoms with Gasteiger partial charge in [0.15, 0.2) is 0 Å². The van der Waals surface area contributed by atoms with E-state index in [1.54, 1.807) is 0 Å². The molecule has 0 unspecified atom stereocenters. The van der Waals surface area contributed by atoms with E-state index in [9.17, 15) is 0 Å². The van der Waals surface area contributed by atoms with E-state index in [1.165, 1.54) is 72.0 Å². The van der Waals surface area contributed by atoms with Gasteiger partial charge in [-0.1, -0.05) is 135 Å². The highest BCUT2D eigenvalue weighted by molar-refractivity contribution is 6.10. The zero-order valence-corrected chi connectivity index (χ0v) is 29.9. The maximum atomic E-state index is 2.43. The number of benzene rings is 8. The second-order valence-corrected chi connectivity index (χ2v) is 14.6. The Morgan fingerprint density at radius 2 is 0.887 bits per heavy atom. The Labute approximate surface area is 310 Å². The molecule has 0 saturated carbocycles. The van der Waals surface area contributed by atoms with Crippen LogP contribution in [-0.2, 0) is 5.41 Å². The maximum absolute atomic E-state index is 2.43. The van der Waals surface area contributed by atoms with Crippen LogP contribution in [0.4, 0.5) is 17.1 Å². The summed E-state index contributed by atoms with van der Waals surface area (Å²) in [5.41, 5.74) is 17.1. The van der Waals surface area contributed by atoms with Crippen molar-refractivity contribution in [1.29, 1.82) is 0 Å². The molecule has 8 aromatic carbocycles. The summed E-state index contributed by atoms with van der Waals surface area (Å²) in [5.74, 6) is 0. The minimum Gasteiger partial charge on any atom is -0.310 e. The molecule has 0 N–H and O–H groups in total. The summed E-state index contributed by atoms with van der Waals surface area (Å²) in [5, 5.41) is 2.54. The lowest BCUT2D eigenvalue weighted by molar-refractivity contribution is 0.660. The molecule has 0 amide bonds. The lowest BCUT2D eigenvalue weighted by atomic mass is 9.81. The van der Waals surface area contributed by atoms with Gasteiger partial charge in [0.05, 0.1) is 11.0 Å². The molecule has 1 heterocycles. The SMILES string of the molecule is CC1(C)c2cc(-c3ccc4c(c3)c3ccccc3n4-c3ccccc3)ccc2-c2ccc(N(c3ccccc3)c3ccc(-c4ccccc4)cc3)cc21. The van der Waals surface area contributed by atoms with Crippen molar-refractivity contribution in [2.75, 3.05) is 4.90 Å². The van der Waals surface area contributed by atoms with Gasteiger partial charge >= 0.3 is 0 Å². The van der Waals surface area contributed by atoms with Crippen molar-refractivity contribution in [3.8, 4) is 39.1 Å². The largest absolute Gasteiger partial charge is 0.310 e. The van der Waals surface area contributed by atoms with Crippen LogP contribution in [-0.4, -0.2) is 4.57 Å². The number of hydrogen-bond donors (Lipinski definition) is 0. The van der Waals surface area contributed by atoms with Crippen LogP contribution in [0.5, 0.6) is 0 Å². The predicted octanol–water partition coefficient (Wildman–Crippen LogP) is 13.9. The van der Waals surface area contributed by atoms with Crippen molar-refractivity contribution in [2.24, 2.45) is 0 Å². The van der Waals surface area contributed by atoms with Crippen LogP contribution in [0.15, 0.2) is 194 Å². The summed E-state index contributed by atoms with van der Waals surface area (Å²) in [6.45, 7) is 4.76. The number of aromatic nitrogens is 1. The molecule has 0 saturated heterocycles. The van der Waals surface area contributed by atoms with Gasteiger partial charge in [0.2, 0.25) is 0 Å². The molecular formula is C51H38N2. The first kappa shape index (κ1) is 31.1. The molecule has 53 heavy (non-hydrogen) atoms. The molecule has 0 bridgehead atoms. The molecule has 1 aliphatic carbocycles. The number of hydrogen-bond acceptors (Lipinski definition) is 1. The van der Waals surface area contributed by atoms with Crippen LogP contribution in [0.2, 0.25) is 0 Å². The van der Waals surface area contributed by atoms with Crippen molar-refractivity contribution in [2.45, 2.75) is 19.3 Å². The summed E-state index contributed by atoms with van der Waals surface area (Å²) < 4.78 is 2.38. The lowest BCUT2D eigenvalue weighted by Gasteiger charge is -2.28. The van der Waals surface area contributed by atoms with Gasteiger partial charge in [-0.2, -0.15) is 0 Å². The third kappa shape index (κ3) is 5.10. The molecule has 2 nitrogen and oxygen atoms in total. The molecule has 2 heteroatoms. The van der Waals surface area contributed by atoms with Crippen LogP contribution >= 0.6 is 0 Å². The first-order chi connectivity index (χ1) is 26.0. The van der Waals surface area contributed by atoms with E-state index in [-0.39, 0.29) is 5.41 Å². The summed E-state index contributed by atoms with van der Waals surface area (Å²) >= 11 is 0. The summed E-state index contributed by atoms with van der Waals surface area (Å²) in [4.78, 5) is 2.38. The van der Waals surface area contributed by atoms with Crippen molar-refractivity contribution in [3.05, 3.63) is 205 Å². The Kier molecular flexibility index (Phi) is 7.19. The fourth-order valence-corrected chi connectivity index (χ4v) is 8.51. The van der Waals surface area contributed by atoms with Gasteiger partial charge in [-0.15, -0.1) is 0 Å². The maximum Gasteiger partial charge on any atom is 0.0541 e. The van der Waals surface area contributed by atoms with Crippen molar-refractivity contribution in [1.82, 2.24) is 4.57 Å². The van der Waals surface area contributed by atoms with Gasteiger partial charge < -0.3 is 9.47 Å². The van der Waals surface area contributed by atoms with Crippen LogP contribution in [0.3, 0.4) is 0 Å². The van der Waals surface area contributed by atoms with Crippen molar-refractivity contribution < 1.29 is 0 Å². The second-order valence-electron chi connectivity index (χ2n) is 14.6. The molecule has 0 fully saturated rings. The van der Waals surface area contributed by atoms with E-state index in [2.05, 4.69) is 217 Å². The summed E-state index contributed by atoms with van der Waals surface area (Å²) in [6, 6.07) is 70.7. The minimum absolute atomic E-state index is 0.177. The molecule has 0 atom stereocenters. The van der Waals surface area contributed by atoms with Crippen LogP contribution in [0.25, 0.3) is 60.9 Å². The molecule has 0 radical (unpaired) electrons. The predicted molar refractivity (Wildman–Crippen MR) is 224 cm³/mol. The highest BCUT2D eigenvalue weighted by Gasteiger charge is 2.36. The number of fused-ring (bicyclic) bond motifs is 6. The number of anilines is 3. The fraction of sp³-hybridized carbons (Fsp3) is 0.0588. The molecule has 252 valence electrons. The first-order valence-electron chi connectivity index (χ1n) is 18.4. The number of rotatable bonds is 6. The summed E-state index contributed by atoms with van der Waals surface area (Å²) in [7, 11) is 0. The first-order valence-corrected chi connectivity index (χ1v) is 18.4. The zero-order chi connectivity index (χ0) is 35.5. The van der Waals surface area contributed by atoms with E-state index in [1.807, 2.05) is 0 Å². The highest BCUT2D eigenvalue weighted by Crippen LogP contribution is 2.52. The third-order valence-corrected chi connectivity index (χ3v) is 11.2. The minimum atomic E-state index is -0.177. The van der Waals surface area contributed by atoms with Gasteiger partial charge in [-0.05, 0) is 117 Å². The van der Waals surface area contributed by atoms with Crippen molar-refractivity contribution in [3.63, 3.8) is 0 Å². The van der Waals surface area contributed by atoms with Gasteiger partial charge in [0.1, 0.15) is 0 Å². The Morgan fingerprint density at radius 1 is 0.377 bits per heavy atom. The van der Waals surface area contributed by atoms with Gasteiger partial charge in [0.25, 0.3) is 0 Å². The standard InChI is InChI=1S/C51H38N2/c1-51(2)47-33-38(37-25-31-50-46(32-37)45-20-12-13-21-49(45)53(50)40-18-10-5-11-19-40)24-29-43(47)44-30-28-42(34-48(44)51)52(39-16-8-4-9-17-39)41-26-22-36(23-27-41)35-14-6-3-7-15-35/h3-34H,1-2H3. The van der Waals surface area contributed by atoms with E-state index in [0.29, 0.717) is 0 Å². The second kappa shape index (κ2) is 12.3. The van der Waals surface area contributed by atoms with E-state index in [4.69, 9.17) is 0 Å². The zero-order valence-electron chi connectivity index (χ0n) is 29.9. The van der Waals surface area contributed by atoms with Crippen molar-refractivity contribution >= 4 is 38.9 Å². The van der Waals surface area contributed by atoms with Gasteiger partial charge in [-0.3, -0.25) is 0 Å². The smallest absolute Gasteiger partial charge is 0.0541 e. The van der Waals surface area contributed by atoms with E-state index < -0.39 is 0 Å². The lowest BCUT2D eigenvalue weighted by Crippen LogP contribution is -2.16. The molecule has 1 aromatic heterocycles. The molecule has 1 aliphatic rings. The van der Waals surface area contributed by atoms with E-state index in [0.717, 1.165) is 17.1 Å². The molecular weight excluding hydrogens is 641 g/mol. The normalized spacial score (nSPS) is 12.9. The van der Waals surface area contributed by atoms with Gasteiger partial charge in [-0.25, -0.2) is 0 Å². The number of nitrogens with zero attached hydrogens (tertiary/aromatic N) is 2. The quantitative estimate of drug-likeness (QED) is 0.170. The molecule has 0 aliphatic heterocycles. The Bertz CT molecular complexity index is 2780. The molecule has 0 spiro atoms. The monoisotopic (exact) mass is 678 g/mol.